The highest BCUT2D eigenvalue weighted by atomic mass is 17.1. The number of benzene rings is 1. The van der Waals surface area contributed by atoms with Gasteiger partial charge in [-0.25, -0.2) is 10.1 Å². The van der Waals surface area contributed by atoms with Gasteiger partial charge in [0.15, 0.2) is 5.79 Å². The van der Waals surface area contributed by atoms with Crippen LogP contribution in [0, 0.1) is 0 Å². The summed E-state index contributed by atoms with van der Waals surface area (Å²) in [4.78, 5) is 4.27. The predicted octanol–water partition coefficient (Wildman–Crippen LogP) is 2.84. The largest absolute Gasteiger partial charge is 0.377 e. The molecule has 0 aliphatic rings. The quantitative estimate of drug-likeness (QED) is 0.328. The molecule has 17 heavy (non-hydrogen) atoms. The Morgan fingerprint density at radius 1 is 1.24 bits per heavy atom. The van der Waals surface area contributed by atoms with Crippen molar-refractivity contribution in [1.82, 2.24) is 0 Å². The lowest BCUT2D eigenvalue weighted by Crippen LogP contribution is -2.30. The maximum Gasteiger partial charge on any atom is 0.198 e. The molecule has 0 aliphatic carbocycles. The second-order valence-electron chi connectivity index (χ2n) is 4.07. The Balaban J connectivity index is 2.13. The fraction of sp³-hybridized carbons (Fsp3) is 0.538. The van der Waals surface area contributed by atoms with E-state index in [0.29, 0.717) is 19.6 Å². The highest BCUT2D eigenvalue weighted by Gasteiger charge is 2.23. The molecule has 0 heterocycles. The van der Waals surface area contributed by atoms with Gasteiger partial charge in [0.1, 0.15) is 0 Å². The highest BCUT2D eigenvalue weighted by molar-refractivity contribution is 5.13. The zero-order valence-corrected chi connectivity index (χ0v) is 10.4. The molecule has 1 N–H and O–H groups in total. The first-order valence-corrected chi connectivity index (χ1v) is 5.69. The molecule has 0 spiro atoms. The van der Waals surface area contributed by atoms with Crippen molar-refractivity contribution in [3.63, 3.8) is 0 Å². The predicted molar refractivity (Wildman–Crippen MR) is 64.5 cm³/mol. The zero-order chi connectivity index (χ0) is 12.6. The molecule has 0 radical (unpaired) electrons. The Kier molecular flexibility index (Phi) is 6.15. The van der Waals surface area contributed by atoms with Crippen molar-refractivity contribution < 1.29 is 19.6 Å². The van der Waals surface area contributed by atoms with Crippen LogP contribution in [-0.4, -0.2) is 24.8 Å². The summed E-state index contributed by atoms with van der Waals surface area (Å²) in [5.41, 5.74) is 1.15. The first-order valence-electron chi connectivity index (χ1n) is 5.69. The van der Waals surface area contributed by atoms with Crippen LogP contribution in [0.1, 0.15) is 25.3 Å². The normalized spacial score (nSPS) is 14.5. The van der Waals surface area contributed by atoms with E-state index in [0.717, 1.165) is 12.0 Å². The summed E-state index contributed by atoms with van der Waals surface area (Å²) >= 11 is 0. The van der Waals surface area contributed by atoms with Crippen LogP contribution in [0.15, 0.2) is 30.3 Å². The Morgan fingerprint density at radius 2 is 1.94 bits per heavy atom. The van der Waals surface area contributed by atoms with E-state index >= 15 is 0 Å². The van der Waals surface area contributed by atoms with Gasteiger partial charge in [0.25, 0.3) is 0 Å². The molecule has 0 saturated carbocycles. The molecule has 4 nitrogen and oxygen atoms in total. The van der Waals surface area contributed by atoms with Gasteiger partial charge in [0.05, 0.1) is 6.61 Å². The van der Waals surface area contributed by atoms with Crippen molar-refractivity contribution in [2.45, 2.75) is 32.2 Å². The second kappa shape index (κ2) is 7.40. The molecule has 0 amide bonds. The van der Waals surface area contributed by atoms with Gasteiger partial charge in [0.2, 0.25) is 0 Å². The van der Waals surface area contributed by atoms with Crippen LogP contribution < -0.4 is 0 Å². The van der Waals surface area contributed by atoms with Gasteiger partial charge in [-0.1, -0.05) is 30.3 Å². The standard InChI is InChI=1S/C13H20O4/c1-13(15-2,17-14)9-6-10-16-11-12-7-4-3-5-8-12/h3-5,7-8,14H,6,9-11H2,1-2H3. The van der Waals surface area contributed by atoms with Crippen LogP contribution in [0.4, 0.5) is 0 Å². The van der Waals surface area contributed by atoms with E-state index in [-0.39, 0.29) is 0 Å². The summed E-state index contributed by atoms with van der Waals surface area (Å²) in [6.07, 6.45) is 1.34. The molecular weight excluding hydrogens is 220 g/mol. The first kappa shape index (κ1) is 14.1. The summed E-state index contributed by atoms with van der Waals surface area (Å²) in [5.74, 6) is -0.934. The van der Waals surface area contributed by atoms with E-state index in [4.69, 9.17) is 14.7 Å². The SMILES string of the molecule is COC(C)(CCCOCc1ccccc1)OO. The molecule has 0 bridgehead atoms. The number of ether oxygens (including phenoxy) is 2. The van der Waals surface area contributed by atoms with Crippen LogP contribution in [-0.2, 0) is 21.0 Å². The van der Waals surface area contributed by atoms with Crippen LogP contribution in [0.2, 0.25) is 0 Å². The van der Waals surface area contributed by atoms with E-state index in [1.54, 1.807) is 6.92 Å². The lowest BCUT2D eigenvalue weighted by molar-refractivity contribution is -0.394. The molecular formula is C13H20O4. The average molecular weight is 240 g/mol. The Bertz CT molecular complexity index is 296. The molecule has 4 heteroatoms. The summed E-state index contributed by atoms with van der Waals surface area (Å²) in [5, 5.41) is 8.65. The smallest absolute Gasteiger partial charge is 0.198 e. The summed E-state index contributed by atoms with van der Waals surface area (Å²) in [7, 11) is 1.50. The second-order valence-corrected chi connectivity index (χ2v) is 4.07. The van der Waals surface area contributed by atoms with Crippen LogP contribution >= 0.6 is 0 Å². The van der Waals surface area contributed by atoms with E-state index in [9.17, 15) is 0 Å². The molecule has 0 saturated heterocycles. The minimum absolute atomic E-state index is 0.578. The Morgan fingerprint density at radius 3 is 2.53 bits per heavy atom. The van der Waals surface area contributed by atoms with Gasteiger partial charge in [-0.15, -0.1) is 0 Å². The summed E-state index contributed by atoms with van der Waals surface area (Å²) in [6, 6.07) is 10.00. The van der Waals surface area contributed by atoms with E-state index in [1.807, 2.05) is 30.3 Å². The highest BCUT2D eigenvalue weighted by Crippen LogP contribution is 2.17. The third-order valence-electron chi connectivity index (χ3n) is 2.66. The van der Waals surface area contributed by atoms with Crippen LogP contribution in [0.3, 0.4) is 0 Å². The molecule has 0 fully saturated rings. The van der Waals surface area contributed by atoms with Gasteiger partial charge >= 0.3 is 0 Å². The third-order valence-corrected chi connectivity index (χ3v) is 2.66. The van der Waals surface area contributed by atoms with Gasteiger partial charge < -0.3 is 9.47 Å². The van der Waals surface area contributed by atoms with Gasteiger partial charge in [-0.05, 0) is 18.9 Å². The number of hydrogen-bond donors (Lipinski definition) is 1. The minimum Gasteiger partial charge on any atom is -0.377 e. The molecule has 1 rings (SSSR count). The fourth-order valence-corrected chi connectivity index (χ4v) is 1.44. The minimum atomic E-state index is -0.934. The molecule has 0 aromatic heterocycles. The molecule has 0 aliphatic heterocycles. The molecule has 1 atom stereocenters. The van der Waals surface area contributed by atoms with E-state index < -0.39 is 5.79 Å². The topological polar surface area (TPSA) is 47.9 Å². The van der Waals surface area contributed by atoms with Crippen molar-refractivity contribution in [3.8, 4) is 0 Å². The maximum atomic E-state index is 8.65. The first-order chi connectivity index (χ1) is 8.20. The van der Waals surface area contributed by atoms with Crippen molar-refractivity contribution >= 4 is 0 Å². The average Bonchev–Trinajstić information content (AvgIpc) is 2.39. The van der Waals surface area contributed by atoms with Crippen molar-refractivity contribution in [2.24, 2.45) is 0 Å². The lowest BCUT2D eigenvalue weighted by Gasteiger charge is -2.23. The van der Waals surface area contributed by atoms with E-state index in [2.05, 4.69) is 4.89 Å². The van der Waals surface area contributed by atoms with E-state index in [1.165, 1.54) is 7.11 Å². The third kappa shape index (κ3) is 5.28. The van der Waals surface area contributed by atoms with Crippen LogP contribution in [0.25, 0.3) is 0 Å². The number of methoxy groups -OCH3 is 1. The molecule has 96 valence electrons. The zero-order valence-electron chi connectivity index (χ0n) is 10.4. The molecule has 1 aromatic carbocycles. The van der Waals surface area contributed by atoms with Gasteiger partial charge in [-0.2, -0.15) is 0 Å². The fourth-order valence-electron chi connectivity index (χ4n) is 1.44. The van der Waals surface area contributed by atoms with Gasteiger partial charge in [0, 0.05) is 20.1 Å². The number of rotatable bonds is 8. The maximum absolute atomic E-state index is 8.65. The Hall–Kier alpha value is -0.940. The van der Waals surface area contributed by atoms with Gasteiger partial charge in [-0.3, -0.25) is 0 Å². The summed E-state index contributed by atoms with van der Waals surface area (Å²) < 4.78 is 10.5. The van der Waals surface area contributed by atoms with Crippen molar-refractivity contribution in [2.75, 3.05) is 13.7 Å². The lowest BCUT2D eigenvalue weighted by atomic mass is 10.2. The van der Waals surface area contributed by atoms with Crippen molar-refractivity contribution in [1.29, 1.82) is 0 Å². The molecule has 1 aromatic rings. The Labute approximate surface area is 102 Å². The molecule has 1 unspecified atom stereocenters. The van der Waals surface area contributed by atoms with Crippen LogP contribution in [0.5, 0.6) is 0 Å². The number of hydrogen-bond acceptors (Lipinski definition) is 4. The summed E-state index contributed by atoms with van der Waals surface area (Å²) in [6.45, 7) is 2.89. The van der Waals surface area contributed by atoms with Crippen molar-refractivity contribution in [3.05, 3.63) is 35.9 Å². The monoisotopic (exact) mass is 240 g/mol.